The van der Waals surface area contributed by atoms with Gasteiger partial charge >= 0.3 is 0 Å². The number of methoxy groups -OCH3 is 1. The molecular weight excluding hydrogens is 425 g/mol. The number of carbonyl (C=O) groups excluding carboxylic acids is 3. The standard InChI is InChI=1S/C25H30FN3O4/c1-25(2,3)19-10-9-18(12-20(19)26)28-24(32)22(16-7-5-15(6-8-16)14-33-4)29-23(31)17-11-21(30)27-13-17/h5-10,12,17,22H,11,13-14H2,1-4H3,(H,27,30)(H,28,32)(H,29,31)/t17-,22?/m1/s1. The summed E-state index contributed by atoms with van der Waals surface area (Å²) in [6, 6.07) is 10.6. The van der Waals surface area contributed by atoms with E-state index in [1.54, 1.807) is 31.4 Å². The average Bonchev–Trinajstić information content (AvgIpc) is 3.18. The lowest BCUT2D eigenvalue weighted by atomic mass is 9.86. The Morgan fingerprint density at radius 3 is 2.42 bits per heavy atom. The van der Waals surface area contributed by atoms with Gasteiger partial charge in [-0.2, -0.15) is 0 Å². The van der Waals surface area contributed by atoms with Gasteiger partial charge in [-0.3, -0.25) is 14.4 Å². The maximum atomic E-state index is 14.6. The molecule has 1 saturated heterocycles. The molecule has 1 aliphatic heterocycles. The predicted octanol–water partition coefficient (Wildman–Crippen LogP) is 3.20. The van der Waals surface area contributed by atoms with E-state index in [4.69, 9.17) is 4.74 Å². The van der Waals surface area contributed by atoms with Gasteiger partial charge in [-0.15, -0.1) is 0 Å². The fourth-order valence-electron chi connectivity index (χ4n) is 3.74. The Balaban J connectivity index is 1.83. The summed E-state index contributed by atoms with van der Waals surface area (Å²) in [5, 5.41) is 8.07. The molecule has 2 aromatic carbocycles. The fourth-order valence-corrected chi connectivity index (χ4v) is 3.74. The lowest BCUT2D eigenvalue weighted by Gasteiger charge is -2.22. The molecule has 2 aromatic rings. The van der Waals surface area contributed by atoms with Crippen LogP contribution >= 0.6 is 0 Å². The summed E-state index contributed by atoms with van der Waals surface area (Å²) in [7, 11) is 1.59. The smallest absolute Gasteiger partial charge is 0.251 e. The van der Waals surface area contributed by atoms with Crippen molar-refractivity contribution in [2.24, 2.45) is 5.92 Å². The first-order valence-corrected chi connectivity index (χ1v) is 10.8. The number of carbonyl (C=O) groups is 3. The van der Waals surface area contributed by atoms with Crippen LogP contribution in [0.4, 0.5) is 10.1 Å². The zero-order valence-electron chi connectivity index (χ0n) is 19.3. The van der Waals surface area contributed by atoms with E-state index in [9.17, 15) is 18.8 Å². The van der Waals surface area contributed by atoms with Gasteiger partial charge in [-0.1, -0.05) is 51.1 Å². The number of nitrogens with one attached hydrogen (secondary N) is 3. The zero-order valence-corrected chi connectivity index (χ0v) is 19.3. The minimum Gasteiger partial charge on any atom is -0.380 e. The van der Waals surface area contributed by atoms with Crippen LogP contribution in [0.5, 0.6) is 0 Å². The third kappa shape index (κ3) is 6.16. The van der Waals surface area contributed by atoms with Gasteiger partial charge in [-0.25, -0.2) is 4.39 Å². The average molecular weight is 456 g/mol. The van der Waals surface area contributed by atoms with Crippen molar-refractivity contribution in [3.8, 4) is 0 Å². The van der Waals surface area contributed by atoms with Crippen molar-refractivity contribution in [2.75, 3.05) is 19.0 Å². The Bertz CT molecular complexity index is 1030. The molecule has 0 spiro atoms. The lowest BCUT2D eigenvalue weighted by Crippen LogP contribution is -2.40. The van der Waals surface area contributed by atoms with E-state index in [0.717, 1.165) is 5.56 Å². The second-order valence-electron chi connectivity index (χ2n) is 9.26. The maximum absolute atomic E-state index is 14.6. The number of hydrogen-bond donors (Lipinski definition) is 3. The highest BCUT2D eigenvalue weighted by Crippen LogP contribution is 2.27. The van der Waals surface area contributed by atoms with E-state index in [-0.39, 0.29) is 24.3 Å². The molecule has 0 aliphatic carbocycles. The normalized spacial score (nSPS) is 16.8. The Hall–Kier alpha value is -3.26. The van der Waals surface area contributed by atoms with E-state index < -0.39 is 29.6 Å². The molecule has 8 heteroatoms. The summed E-state index contributed by atoms with van der Waals surface area (Å²) in [5.74, 6) is -2.08. The van der Waals surface area contributed by atoms with Crippen molar-refractivity contribution in [2.45, 2.75) is 45.3 Å². The second-order valence-corrected chi connectivity index (χ2v) is 9.26. The molecule has 1 fully saturated rings. The topological polar surface area (TPSA) is 96.5 Å². The third-order valence-corrected chi connectivity index (χ3v) is 5.57. The molecule has 0 aromatic heterocycles. The van der Waals surface area contributed by atoms with Crippen molar-refractivity contribution < 1.29 is 23.5 Å². The van der Waals surface area contributed by atoms with Crippen LogP contribution in [-0.4, -0.2) is 31.4 Å². The van der Waals surface area contributed by atoms with E-state index >= 15 is 0 Å². The maximum Gasteiger partial charge on any atom is 0.251 e. The van der Waals surface area contributed by atoms with Crippen LogP contribution in [-0.2, 0) is 31.1 Å². The van der Waals surface area contributed by atoms with Gasteiger partial charge in [0.05, 0.1) is 12.5 Å². The summed E-state index contributed by atoms with van der Waals surface area (Å²) in [6.45, 7) is 6.37. The van der Waals surface area contributed by atoms with Gasteiger partial charge < -0.3 is 20.7 Å². The fraction of sp³-hybridized carbons (Fsp3) is 0.400. The van der Waals surface area contributed by atoms with Crippen molar-refractivity contribution in [1.82, 2.24) is 10.6 Å². The van der Waals surface area contributed by atoms with Crippen LogP contribution in [0.1, 0.15) is 49.9 Å². The predicted molar refractivity (Wildman–Crippen MR) is 123 cm³/mol. The quantitative estimate of drug-likeness (QED) is 0.597. The molecule has 1 unspecified atom stereocenters. The zero-order chi connectivity index (χ0) is 24.2. The lowest BCUT2D eigenvalue weighted by molar-refractivity contribution is -0.129. The van der Waals surface area contributed by atoms with Gasteiger partial charge in [0.25, 0.3) is 5.91 Å². The molecule has 3 N–H and O–H groups in total. The minimum absolute atomic E-state index is 0.0758. The van der Waals surface area contributed by atoms with Gasteiger partial charge in [0, 0.05) is 25.8 Å². The van der Waals surface area contributed by atoms with Crippen LogP contribution in [0.2, 0.25) is 0 Å². The van der Waals surface area contributed by atoms with Crippen LogP contribution < -0.4 is 16.0 Å². The monoisotopic (exact) mass is 455 g/mol. The number of ether oxygens (including phenoxy) is 1. The van der Waals surface area contributed by atoms with E-state index in [1.807, 2.05) is 32.9 Å². The van der Waals surface area contributed by atoms with Gasteiger partial charge in [0.15, 0.2) is 0 Å². The molecule has 2 atom stereocenters. The highest BCUT2D eigenvalue weighted by atomic mass is 19.1. The molecule has 1 aliphatic rings. The summed E-state index contributed by atoms with van der Waals surface area (Å²) in [5.41, 5.74) is 1.93. The SMILES string of the molecule is COCc1ccc(C(NC(=O)[C@H]2CNC(=O)C2)C(=O)Nc2ccc(C(C)(C)C)c(F)c2)cc1. The largest absolute Gasteiger partial charge is 0.380 e. The highest BCUT2D eigenvalue weighted by Gasteiger charge is 2.32. The third-order valence-electron chi connectivity index (χ3n) is 5.57. The van der Waals surface area contributed by atoms with Crippen LogP contribution in [0.25, 0.3) is 0 Å². The summed E-state index contributed by atoms with van der Waals surface area (Å²) in [4.78, 5) is 37.4. The molecule has 176 valence electrons. The number of rotatable bonds is 7. The molecule has 0 saturated carbocycles. The first kappa shape index (κ1) is 24.4. The second kappa shape index (κ2) is 10.1. The molecule has 3 rings (SSSR count). The Morgan fingerprint density at radius 2 is 1.88 bits per heavy atom. The van der Waals surface area contributed by atoms with Crippen molar-refractivity contribution in [3.05, 3.63) is 65.0 Å². The Morgan fingerprint density at radius 1 is 1.18 bits per heavy atom. The number of amides is 3. The van der Waals surface area contributed by atoms with Crippen molar-refractivity contribution in [1.29, 1.82) is 0 Å². The molecule has 7 nitrogen and oxygen atoms in total. The molecular formula is C25H30FN3O4. The summed E-state index contributed by atoms with van der Waals surface area (Å²) in [6.07, 6.45) is 0.0758. The van der Waals surface area contributed by atoms with Crippen LogP contribution in [0.3, 0.4) is 0 Å². The minimum atomic E-state index is -1.02. The number of halogens is 1. The molecule has 1 heterocycles. The van der Waals surface area contributed by atoms with Gasteiger partial charge in [0.1, 0.15) is 11.9 Å². The first-order valence-electron chi connectivity index (χ1n) is 10.8. The molecule has 0 radical (unpaired) electrons. The van der Waals surface area contributed by atoms with Crippen molar-refractivity contribution in [3.63, 3.8) is 0 Å². The molecule has 3 amide bonds. The molecule has 33 heavy (non-hydrogen) atoms. The highest BCUT2D eigenvalue weighted by molar-refractivity contribution is 5.99. The first-order chi connectivity index (χ1) is 15.6. The van der Waals surface area contributed by atoms with Gasteiger partial charge in [0.2, 0.25) is 11.8 Å². The molecule has 0 bridgehead atoms. The Labute approximate surface area is 193 Å². The number of benzene rings is 2. The summed E-state index contributed by atoms with van der Waals surface area (Å²) < 4.78 is 19.7. The number of anilines is 1. The van der Waals surface area contributed by atoms with E-state index in [2.05, 4.69) is 16.0 Å². The Kier molecular flexibility index (Phi) is 7.48. The van der Waals surface area contributed by atoms with E-state index in [0.29, 0.717) is 23.4 Å². The van der Waals surface area contributed by atoms with Crippen LogP contribution in [0.15, 0.2) is 42.5 Å². The van der Waals surface area contributed by atoms with E-state index in [1.165, 1.54) is 6.07 Å². The van der Waals surface area contributed by atoms with Crippen LogP contribution in [0, 0.1) is 11.7 Å². The summed E-state index contributed by atoms with van der Waals surface area (Å²) >= 11 is 0. The van der Waals surface area contributed by atoms with Gasteiger partial charge in [-0.05, 0) is 34.2 Å². The number of hydrogen-bond acceptors (Lipinski definition) is 4. The van der Waals surface area contributed by atoms with Crippen molar-refractivity contribution >= 4 is 23.4 Å².